The normalized spacial score (nSPS) is 16.6. The first-order valence-electron chi connectivity index (χ1n) is 6.41. The van der Waals surface area contributed by atoms with Crippen molar-refractivity contribution in [1.29, 1.82) is 0 Å². The van der Waals surface area contributed by atoms with E-state index in [-0.39, 0.29) is 5.82 Å². The van der Waals surface area contributed by atoms with Gasteiger partial charge in [0.05, 0.1) is 18.4 Å². The van der Waals surface area contributed by atoms with Gasteiger partial charge in [0.25, 0.3) is 0 Å². The molecule has 2 rings (SSSR count). The number of rotatable bonds is 7. The zero-order chi connectivity index (χ0) is 13.0. The van der Waals surface area contributed by atoms with Gasteiger partial charge in [0.1, 0.15) is 5.82 Å². The van der Waals surface area contributed by atoms with Crippen LogP contribution in [0, 0.1) is 18.7 Å². The third-order valence-electron chi connectivity index (χ3n) is 3.01. The highest BCUT2D eigenvalue weighted by atomic mass is 19.1. The van der Waals surface area contributed by atoms with Crippen molar-refractivity contribution >= 4 is 5.69 Å². The summed E-state index contributed by atoms with van der Waals surface area (Å²) in [6.45, 7) is 3.17. The molecule has 0 bridgehead atoms. The van der Waals surface area contributed by atoms with Gasteiger partial charge in [-0.25, -0.2) is 4.39 Å². The molecule has 1 aliphatic rings. The molecule has 0 aromatic heterocycles. The lowest BCUT2D eigenvalue weighted by atomic mass is 10.2. The predicted octanol–water partition coefficient (Wildman–Crippen LogP) is 2.33. The molecule has 0 amide bonds. The molecule has 3 nitrogen and oxygen atoms in total. The molecule has 1 saturated carbocycles. The first kappa shape index (κ1) is 13.3. The zero-order valence-corrected chi connectivity index (χ0v) is 10.7. The maximum absolute atomic E-state index is 13.5. The Hall–Kier alpha value is -1.13. The fourth-order valence-electron chi connectivity index (χ4n) is 1.71. The minimum Gasteiger partial charge on any atom is -0.389 e. The van der Waals surface area contributed by atoms with E-state index in [0.717, 1.165) is 12.2 Å². The Morgan fingerprint density at radius 1 is 1.50 bits per heavy atom. The van der Waals surface area contributed by atoms with Gasteiger partial charge < -0.3 is 15.2 Å². The summed E-state index contributed by atoms with van der Waals surface area (Å²) < 4.78 is 18.9. The van der Waals surface area contributed by atoms with Gasteiger partial charge >= 0.3 is 0 Å². The van der Waals surface area contributed by atoms with E-state index >= 15 is 0 Å². The molecule has 1 aliphatic carbocycles. The minimum atomic E-state index is -0.607. The monoisotopic (exact) mass is 253 g/mol. The number of benzene rings is 1. The van der Waals surface area contributed by atoms with Crippen LogP contribution < -0.4 is 5.32 Å². The maximum Gasteiger partial charge on any atom is 0.146 e. The highest BCUT2D eigenvalue weighted by Gasteiger charge is 2.21. The van der Waals surface area contributed by atoms with Crippen molar-refractivity contribution in [2.75, 3.05) is 25.1 Å². The van der Waals surface area contributed by atoms with Crippen molar-refractivity contribution in [2.24, 2.45) is 5.92 Å². The standard InChI is InChI=1S/C14H20FNO2/c1-10-2-5-14(13(15)6-10)16-7-12(17)9-18-8-11-3-4-11/h2,5-6,11-12,16-17H,3-4,7-9H2,1H3. The SMILES string of the molecule is Cc1ccc(NCC(O)COCC2CC2)c(F)c1. The van der Waals surface area contributed by atoms with E-state index in [2.05, 4.69) is 5.32 Å². The average Bonchev–Trinajstić information content (AvgIpc) is 3.12. The van der Waals surface area contributed by atoms with Crippen LogP contribution in [-0.4, -0.2) is 31.0 Å². The number of anilines is 1. The summed E-state index contributed by atoms with van der Waals surface area (Å²) in [7, 11) is 0. The molecule has 1 atom stereocenters. The molecule has 100 valence electrons. The van der Waals surface area contributed by atoms with Crippen LogP contribution in [0.3, 0.4) is 0 Å². The van der Waals surface area contributed by atoms with Crippen molar-refractivity contribution in [3.8, 4) is 0 Å². The molecule has 2 N–H and O–H groups in total. The molecule has 1 fully saturated rings. The Bertz CT molecular complexity index is 393. The second-order valence-corrected chi connectivity index (χ2v) is 5.00. The van der Waals surface area contributed by atoms with Gasteiger partial charge in [0.2, 0.25) is 0 Å². The number of halogens is 1. The first-order valence-corrected chi connectivity index (χ1v) is 6.41. The molecule has 1 aromatic rings. The van der Waals surface area contributed by atoms with Gasteiger partial charge in [0, 0.05) is 13.2 Å². The van der Waals surface area contributed by atoms with E-state index < -0.39 is 6.10 Å². The molecule has 18 heavy (non-hydrogen) atoms. The predicted molar refractivity (Wildman–Crippen MR) is 69.2 cm³/mol. The molecule has 0 spiro atoms. The molecule has 0 saturated heterocycles. The smallest absolute Gasteiger partial charge is 0.146 e. The maximum atomic E-state index is 13.5. The third-order valence-corrected chi connectivity index (χ3v) is 3.01. The van der Waals surface area contributed by atoms with Gasteiger partial charge in [-0.15, -0.1) is 0 Å². The number of nitrogens with one attached hydrogen (secondary N) is 1. The van der Waals surface area contributed by atoms with Crippen LogP contribution in [-0.2, 0) is 4.74 Å². The van der Waals surface area contributed by atoms with E-state index in [1.165, 1.54) is 18.9 Å². The third kappa shape index (κ3) is 4.27. The van der Waals surface area contributed by atoms with Crippen LogP contribution in [0.15, 0.2) is 18.2 Å². The van der Waals surface area contributed by atoms with Crippen LogP contribution in [0.1, 0.15) is 18.4 Å². The van der Waals surface area contributed by atoms with Gasteiger partial charge in [-0.2, -0.15) is 0 Å². The van der Waals surface area contributed by atoms with Gasteiger partial charge in [-0.1, -0.05) is 6.07 Å². The first-order chi connectivity index (χ1) is 8.65. The van der Waals surface area contributed by atoms with Crippen LogP contribution in [0.25, 0.3) is 0 Å². The van der Waals surface area contributed by atoms with Crippen molar-refractivity contribution < 1.29 is 14.2 Å². The van der Waals surface area contributed by atoms with Crippen molar-refractivity contribution in [1.82, 2.24) is 0 Å². The van der Waals surface area contributed by atoms with E-state index in [1.807, 2.05) is 13.0 Å². The zero-order valence-electron chi connectivity index (χ0n) is 10.7. The Labute approximate surface area is 107 Å². The summed E-state index contributed by atoms with van der Waals surface area (Å²) in [5.41, 5.74) is 1.30. The van der Waals surface area contributed by atoms with Crippen molar-refractivity contribution in [3.63, 3.8) is 0 Å². The lowest BCUT2D eigenvalue weighted by Gasteiger charge is -2.13. The topological polar surface area (TPSA) is 41.5 Å². The highest BCUT2D eigenvalue weighted by Crippen LogP contribution is 2.28. The van der Waals surface area contributed by atoms with Gasteiger partial charge in [0.15, 0.2) is 0 Å². The number of aliphatic hydroxyl groups excluding tert-OH is 1. The fourth-order valence-corrected chi connectivity index (χ4v) is 1.71. The second-order valence-electron chi connectivity index (χ2n) is 5.00. The summed E-state index contributed by atoms with van der Waals surface area (Å²) in [5.74, 6) is 0.404. The van der Waals surface area contributed by atoms with Gasteiger partial charge in [-0.3, -0.25) is 0 Å². The van der Waals surface area contributed by atoms with Gasteiger partial charge in [-0.05, 0) is 43.4 Å². The number of ether oxygens (including phenoxy) is 1. The molecule has 0 heterocycles. The largest absolute Gasteiger partial charge is 0.389 e. The van der Waals surface area contributed by atoms with Crippen LogP contribution >= 0.6 is 0 Å². The van der Waals surface area contributed by atoms with E-state index in [0.29, 0.717) is 24.8 Å². The van der Waals surface area contributed by atoms with Crippen LogP contribution in [0.5, 0.6) is 0 Å². The summed E-state index contributed by atoms with van der Waals surface area (Å²) in [5, 5.41) is 12.6. The van der Waals surface area contributed by atoms with E-state index in [1.54, 1.807) is 6.07 Å². The Balaban J connectivity index is 1.68. The Morgan fingerprint density at radius 3 is 2.94 bits per heavy atom. The number of aryl methyl sites for hydroxylation is 1. The van der Waals surface area contributed by atoms with Crippen LogP contribution in [0.2, 0.25) is 0 Å². The second kappa shape index (κ2) is 6.16. The van der Waals surface area contributed by atoms with E-state index in [4.69, 9.17) is 4.74 Å². The molecule has 0 radical (unpaired) electrons. The Kier molecular flexibility index (Phi) is 4.55. The highest BCUT2D eigenvalue weighted by molar-refractivity contribution is 5.46. The van der Waals surface area contributed by atoms with Crippen LogP contribution in [0.4, 0.5) is 10.1 Å². The van der Waals surface area contributed by atoms with E-state index in [9.17, 15) is 9.50 Å². The minimum absolute atomic E-state index is 0.291. The average molecular weight is 253 g/mol. The summed E-state index contributed by atoms with van der Waals surface area (Å²) in [6.07, 6.45) is 1.87. The lowest BCUT2D eigenvalue weighted by molar-refractivity contribution is 0.0386. The van der Waals surface area contributed by atoms with Crippen molar-refractivity contribution in [3.05, 3.63) is 29.6 Å². The fraction of sp³-hybridized carbons (Fsp3) is 0.571. The molecule has 4 heteroatoms. The number of aliphatic hydroxyl groups is 1. The molecular formula is C14H20FNO2. The lowest BCUT2D eigenvalue weighted by Crippen LogP contribution is -2.25. The quantitative estimate of drug-likeness (QED) is 0.783. The molecular weight excluding hydrogens is 233 g/mol. The molecule has 0 aliphatic heterocycles. The Morgan fingerprint density at radius 2 is 2.28 bits per heavy atom. The number of hydrogen-bond donors (Lipinski definition) is 2. The molecule has 1 aromatic carbocycles. The summed E-state index contributed by atoms with van der Waals surface area (Å²) in [6, 6.07) is 4.99. The summed E-state index contributed by atoms with van der Waals surface area (Å²) >= 11 is 0. The summed E-state index contributed by atoms with van der Waals surface area (Å²) in [4.78, 5) is 0. The number of hydrogen-bond acceptors (Lipinski definition) is 3. The van der Waals surface area contributed by atoms with Crippen molar-refractivity contribution in [2.45, 2.75) is 25.9 Å². The molecule has 1 unspecified atom stereocenters.